The highest BCUT2D eigenvalue weighted by Gasteiger charge is 2.11. The zero-order valence-electron chi connectivity index (χ0n) is 7.96. The maximum Gasteiger partial charge on any atom is 0.186 e. The number of nitrogens with zero attached hydrogens (tertiary/aromatic N) is 1. The van der Waals surface area contributed by atoms with E-state index in [0.717, 1.165) is 0 Å². The fraction of sp³-hybridized carbons (Fsp3) is 0.222. The molecule has 1 aromatic rings. The predicted molar refractivity (Wildman–Crippen MR) is 61.0 cm³/mol. The van der Waals surface area contributed by atoms with Crippen LogP contribution in [0.4, 0.5) is 0 Å². The van der Waals surface area contributed by atoms with Crippen LogP contribution in [0.1, 0.15) is 11.7 Å². The highest BCUT2D eigenvalue weighted by Crippen LogP contribution is 2.25. The van der Waals surface area contributed by atoms with Crippen molar-refractivity contribution in [1.82, 2.24) is 0 Å². The largest absolute Gasteiger partial charge is 0.508 e. The topological polar surface area (TPSA) is 105 Å². The lowest BCUT2D eigenvalue weighted by Gasteiger charge is -2.11. The molecule has 0 unspecified atom stereocenters. The van der Waals surface area contributed by atoms with E-state index in [9.17, 15) is 10.2 Å². The highest BCUT2D eigenvalue weighted by atomic mass is 32.1. The van der Waals surface area contributed by atoms with Crippen LogP contribution in [-0.2, 0) is 0 Å². The van der Waals surface area contributed by atoms with Crippen molar-refractivity contribution in [2.24, 2.45) is 16.5 Å². The van der Waals surface area contributed by atoms with Crippen LogP contribution < -0.4 is 11.5 Å². The molecule has 0 saturated heterocycles. The average Bonchev–Trinajstić information content (AvgIpc) is 2.18. The molecular weight excluding hydrogens is 214 g/mol. The normalized spacial score (nSPS) is 12.1. The minimum Gasteiger partial charge on any atom is -0.508 e. The van der Waals surface area contributed by atoms with Gasteiger partial charge in [0.05, 0.1) is 12.6 Å². The molecule has 82 valence electrons. The number of thiol groups is 1. The highest BCUT2D eigenvalue weighted by molar-refractivity contribution is 7.80. The van der Waals surface area contributed by atoms with E-state index in [-0.39, 0.29) is 18.3 Å². The van der Waals surface area contributed by atoms with Crippen molar-refractivity contribution in [2.45, 2.75) is 11.0 Å². The van der Waals surface area contributed by atoms with Gasteiger partial charge in [0.2, 0.25) is 0 Å². The summed E-state index contributed by atoms with van der Waals surface area (Å²) in [5, 5.41) is 18.9. The molecule has 0 saturated carbocycles. The van der Waals surface area contributed by atoms with E-state index in [4.69, 9.17) is 11.5 Å². The summed E-state index contributed by atoms with van der Waals surface area (Å²) in [5.41, 5.74) is 10.8. The van der Waals surface area contributed by atoms with Crippen molar-refractivity contribution in [1.29, 1.82) is 0 Å². The summed E-state index contributed by atoms with van der Waals surface area (Å²) in [6, 6.07) is 4.50. The number of aliphatic hydroxyl groups is 1. The maximum absolute atomic E-state index is 9.70. The average molecular weight is 227 g/mol. The number of hydrogen-bond acceptors (Lipinski definition) is 4. The number of nitrogens with two attached hydrogens (primary N) is 2. The summed E-state index contributed by atoms with van der Waals surface area (Å²) < 4.78 is 0. The van der Waals surface area contributed by atoms with Crippen LogP contribution in [0.2, 0.25) is 0 Å². The van der Waals surface area contributed by atoms with Gasteiger partial charge in [0.1, 0.15) is 5.75 Å². The molecule has 1 atom stereocenters. The lowest BCUT2D eigenvalue weighted by molar-refractivity contribution is 0.184. The van der Waals surface area contributed by atoms with Gasteiger partial charge in [-0.25, -0.2) is 0 Å². The number of hydrogen-bond donors (Lipinski definition) is 5. The van der Waals surface area contributed by atoms with E-state index < -0.39 is 6.10 Å². The van der Waals surface area contributed by atoms with Crippen LogP contribution in [0.5, 0.6) is 5.75 Å². The van der Waals surface area contributed by atoms with E-state index >= 15 is 0 Å². The van der Waals surface area contributed by atoms with E-state index in [1.807, 2.05) is 0 Å². The Morgan fingerprint density at radius 3 is 2.73 bits per heavy atom. The Bertz CT molecular complexity index is 378. The van der Waals surface area contributed by atoms with Gasteiger partial charge < -0.3 is 21.7 Å². The Kier molecular flexibility index (Phi) is 3.81. The van der Waals surface area contributed by atoms with E-state index in [2.05, 4.69) is 17.6 Å². The number of phenolic OH excluding ortho intramolecular Hbond substituents is 1. The van der Waals surface area contributed by atoms with Gasteiger partial charge in [0, 0.05) is 4.90 Å². The van der Waals surface area contributed by atoms with Crippen molar-refractivity contribution in [3.63, 3.8) is 0 Å². The Morgan fingerprint density at radius 1 is 1.47 bits per heavy atom. The molecule has 0 aliphatic heterocycles. The van der Waals surface area contributed by atoms with Crippen molar-refractivity contribution < 1.29 is 10.2 Å². The Morgan fingerprint density at radius 2 is 2.13 bits per heavy atom. The fourth-order valence-corrected chi connectivity index (χ4v) is 1.39. The SMILES string of the molecule is NC(N)=NC[C@H](O)c1cc(O)ccc1S. The number of phenols is 1. The van der Waals surface area contributed by atoms with E-state index in [1.54, 1.807) is 6.07 Å². The Balaban J connectivity index is 2.85. The molecule has 6 heteroatoms. The van der Waals surface area contributed by atoms with Gasteiger partial charge >= 0.3 is 0 Å². The molecule has 15 heavy (non-hydrogen) atoms. The standard InChI is InChI=1S/C9H13N3O2S/c10-9(11)12-4-7(14)6-3-5(13)1-2-8(6)15/h1-3,7,13-15H,4H2,(H4,10,11,12)/t7-/m0/s1. The molecule has 1 rings (SSSR count). The van der Waals surface area contributed by atoms with Gasteiger partial charge in [-0.15, -0.1) is 12.6 Å². The smallest absolute Gasteiger partial charge is 0.186 e. The fourth-order valence-electron chi connectivity index (χ4n) is 1.10. The van der Waals surface area contributed by atoms with Gasteiger partial charge in [-0.2, -0.15) is 0 Å². The number of benzene rings is 1. The summed E-state index contributed by atoms with van der Waals surface area (Å²) in [6.45, 7) is 0.0410. The molecule has 0 amide bonds. The number of guanidine groups is 1. The summed E-state index contributed by atoms with van der Waals surface area (Å²) in [7, 11) is 0. The number of rotatable bonds is 3. The molecule has 6 N–H and O–H groups in total. The predicted octanol–water partition coefficient (Wildman–Crippen LogP) is -0.0123. The van der Waals surface area contributed by atoms with Crippen LogP contribution >= 0.6 is 12.6 Å². The van der Waals surface area contributed by atoms with Gasteiger partial charge in [0.25, 0.3) is 0 Å². The Labute approximate surface area is 92.8 Å². The maximum atomic E-state index is 9.70. The number of aromatic hydroxyl groups is 1. The molecule has 0 aromatic heterocycles. The quantitative estimate of drug-likeness (QED) is 0.284. The van der Waals surface area contributed by atoms with Crippen molar-refractivity contribution in [2.75, 3.05) is 6.54 Å². The second-order valence-electron chi connectivity index (χ2n) is 3.02. The van der Waals surface area contributed by atoms with E-state index in [0.29, 0.717) is 10.5 Å². The molecule has 0 fully saturated rings. The molecule has 0 spiro atoms. The lowest BCUT2D eigenvalue weighted by Crippen LogP contribution is -2.23. The van der Waals surface area contributed by atoms with Crippen LogP contribution in [-0.4, -0.2) is 22.7 Å². The first-order chi connectivity index (χ1) is 7.00. The summed E-state index contributed by atoms with van der Waals surface area (Å²) in [4.78, 5) is 4.25. The molecule has 0 aliphatic rings. The van der Waals surface area contributed by atoms with Crippen LogP contribution in [0, 0.1) is 0 Å². The molecule has 1 aromatic carbocycles. The minimum absolute atomic E-state index is 0.0410. The first-order valence-electron chi connectivity index (χ1n) is 4.26. The number of aliphatic imine (C=N–C) groups is 1. The number of aliphatic hydroxyl groups excluding tert-OH is 1. The first-order valence-corrected chi connectivity index (χ1v) is 4.70. The molecule has 0 heterocycles. The van der Waals surface area contributed by atoms with Crippen molar-refractivity contribution >= 4 is 18.6 Å². The third-order valence-corrected chi connectivity index (χ3v) is 2.22. The second kappa shape index (κ2) is 4.90. The summed E-state index contributed by atoms with van der Waals surface area (Å²) in [6.07, 6.45) is -0.883. The third-order valence-electron chi connectivity index (χ3n) is 1.82. The molecule has 0 radical (unpaired) electrons. The van der Waals surface area contributed by atoms with E-state index in [1.165, 1.54) is 12.1 Å². The van der Waals surface area contributed by atoms with Crippen LogP contribution in [0.15, 0.2) is 28.1 Å². The summed E-state index contributed by atoms with van der Waals surface area (Å²) in [5.74, 6) is -0.0264. The van der Waals surface area contributed by atoms with Gasteiger partial charge in [0.15, 0.2) is 5.96 Å². The summed E-state index contributed by atoms with van der Waals surface area (Å²) >= 11 is 4.15. The monoisotopic (exact) mass is 227 g/mol. The van der Waals surface area contributed by atoms with Crippen molar-refractivity contribution in [3.8, 4) is 5.75 Å². The first kappa shape index (κ1) is 11.7. The zero-order chi connectivity index (χ0) is 11.4. The molecular formula is C9H13N3O2S. The van der Waals surface area contributed by atoms with Gasteiger partial charge in [-0.05, 0) is 23.8 Å². The second-order valence-corrected chi connectivity index (χ2v) is 3.51. The molecule has 5 nitrogen and oxygen atoms in total. The minimum atomic E-state index is -0.883. The third kappa shape index (κ3) is 3.34. The lowest BCUT2D eigenvalue weighted by atomic mass is 10.1. The van der Waals surface area contributed by atoms with Crippen molar-refractivity contribution in [3.05, 3.63) is 23.8 Å². The van der Waals surface area contributed by atoms with Crippen LogP contribution in [0.3, 0.4) is 0 Å². The molecule has 0 aliphatic carbocycles. The van der Waals surface area contributed by atoms with Gasteiger partial charge in [-0.3, -0.25) is 4.99 Å². The zero-order valence-corrected chi connectivity index (χ0v) is 8.85. The van der Waals surface area contributed by atoms with Gasteiger partial charge in [-0.1, -0.05) is 0 Å². The molecule has 0 bridgehead atoms. The Hall–Kier alpha value is -1.40. The van der Waals surface area contributed by atoms with Crippen LogP contribution in [0.25, 0.3) is 0 Å².